The first-order valence-electron chi connectivity index (χ1n) is 3.15. The van der Waals surface area contributed by atoms with Crippen molar-refractivity contribution in [2.75, 3.05) is 6.54 Å². The number of hydrogen-bond donors (Lipinski definition) is 2. The fourth-order valence-electron chi connectivity index (χ4n) is 0.958. The van der Waals surface area contributed by atoms with Crippen LogP contribution in [0.2, 0.25) is 0 Å². The maximum absolute atomic E-state index is 10.8. The monoisotopic (exact) mass is 160 g/mol. The van der Waals surface area contributed by atoms with Crippen molar-refractivity contribution in [3.05, 3.63) is 0 Å². The van der Waals surface area contributed by atoms with Crippen LogP contribution in [0.3, 0.4) is 0 Å². The molecule has 0 aromatic rings. The van der Waals surface area contributed by atoms with Crippen LogP contribution in [0.1, 0.15) is 12.8 Å². The molecule has 2 N–H and O–H groups in total. The van der Waals surface area contributed by atoms with Crippen LogP contribution >= 0.6 is 0 Å². The zero-order valence-corrected chi connectivity index (χ0v) is 5.73. The second kappa shape index (κ2) is 2.85. The minimum Gasteiger partial charge on any atom is -0.274 e. The van der Waals surface area contributed by atoms with Gasteiger partial charge in [0.15, 0.2) is 0 Å². The zero-order valence-electron chi connectivity index (χ0n) is 5.73. The molecule has 6 nitrogen and oxygen atoms in total. The van der Waals surface area contributed by atoms with E-state index in [4.69, 9.17) is 10.4 Å². The lowest BCUT2D eigenvalue weighted by molar-refractivity contribution is -0.263. The van der Waals surface area contributed by atoms with E-state index in [2.05, 4.69) is 0 Å². The lowest BCUT2D eigenvalue weighted by Gasteiger charge is -2.14. The number of imide groups is 1. The number of rotatable bonds is 0. The van der Waals surface area contributed by atoms with E-state index < -0.39 is 11.3 Å². The number of likely N-dealkylation sites (tertiary alicyclic amines) is 1. The van der Waals surface area contributed by atoms with E-state index in [1.165, 1.54) is 0 Å². The van der Waals surface area contributed by atoms with Crippen LogP contribution < -0.4 is 0 Å². The van der Waals surface area contributed by atoms with Gasteiger partial charge >= 0.3 is 6.03 Å². The van der Waals surface area contributed by atoms with E-state index in [1.54, 1.807) is 0 Å². The molecule has 1 aliphatic heterocycles. The van der Waals surface area contributed by atoms with Crippen molar-refractivity contribution in [2.24, 2.45) is 0 Å². The summed E-state index contributed by atoms with van der Waals surface area (Å²) in [7, 11) is 0. The molecule has 0 aromatic heterocycles. The van der Waals surface area contributed by atoms with Crippen molar-refractivity contribution in [3.8, 4) is 0 Å². The number of hydrogen-bond acceptors (Lipinski definition) is 4. The van der Waals surface area contributed by atoms with Gasteiger partial charge in [0, 0.05) is 13.0 Å². The Kier molecular flexibility index (Phi) is 2.06. The first kappa shape index (κ1) is 7.96. The van der Waals surface area contributed by atoms with Crippen LogP contribution in [0, 0.1) is 0 Å². The highest BCUT2D eigenvalue weighted by atomic mass is 16.8. The smallest absolute Gasteiger partial charge is 0.274 e. The van der Waals surface area contributed by atoms with Gasteiger partial charge in [-0.2, -0.15) is 0 Å². The van der Waals surface area contributed by atoms with Gasteiger partial charge in [-0.15, -0.1) is 0 Å². The Morgan fingerprint density at radius 2 is 2.18 bits per heavy atom. The molecule has 0 aliphatic carbocycles. The van der Waals surface area contributed by atoms with Gasteiger partial charge in [0.1, 0.15) is 0 Å². The number of urea groups is 1. The first-order valence-corrected chi connectivity index (χ1v) is 3.15. The third-order valence-electron chi connectivity index (χ3n) is 1.48. The summed E-state index contributed by atoms with van der Waals surface area (Å²) in [6.07, 6.45) is 0.873. The van der Waals surface area contributed by atoms with Gasteiger partial charge < -0.3 is 0 Å². The Labute approximate surface area is 62.5 Å². The number of carbonyl (C=O) groups excluding carboxylic acids is 2. The van der Waals surface area contributed by atoms with Gasteiger partial charge in [-0.3, -0.25) is 20.1 Å². The second-order valence-corrected chi connectivity index (χ2v) is 2.22. The van der Waals surface area contributed by atoms with Gasteiger partial charge in [0.05, 0.1) is 0 Å². The minimum absolute atomic E-state index is 0.259. The van der Waals surface area contributed by atoms with Gasteiger partial charge in [0.2, 0.25) is 5.91 Å². The highest BCUT2D eigenvalue weighted by Crippen LogP contribution is 2.10. The lowest BCUT2D eigenvalue weighted by atomic mass is 10.4. The van der Waals surface area contributed by atoms with E-state index in [1.807, 2.05) is 0 Å². The Hall–Kier alpha value is -1.14. The molecule has 0 atom stereocenters. The standard InChI is InChI=1S/C5H8N2O4/c8-4-2-1-3-6(4)5(9)7(10)11/h10-11H,1-3H2. The minimum atomic E-state index is -1.09. The molecule has 1 rings (SSSR count). The molecular weight excluding hydrogens is 152 g/mol. The topological polar surface area (TPSA) is 81.1 Å². The molecule has 3 amide bonds. The zero-order chi connectivity index (χ0) is 8.43. The molecule has 11 heavy (non-hydrogen) atoms. The molecular formula is C5H8N2O4. The summed E-state index contributed by atoms with van der Waals surface area (Å²) in [6.45, 7) is 0.259. The molecule has 0 aromatic carbocycles. The molecule has 0 saturated carbocycles. The van der Waals surface area contributed by atoms with E-state index in [0.717, 1.165) is 4.90 Å². The van der Waals surface area contributed by atoms with Crippen LogP contribution in [-0.4, -0.2) is 39.0 Å². The molecule has 0 bridgehead atoms. The van der Waals surface area contributed by atoms with Crippen LogP contribution in [0.5, 0.6) is 0 Å². The number of nitrogens with zero attached hydrogens (tertiary/aromatic N) is 2. The molecule has 62 valence electrons. The Balaban J connectivity index is 2.60. The quantitative estimate of drug-likeness (QED) is 0.380. The summed E-state index contributed by atoms with van der Waals surface area (Å²) < 4.78 is 0. The van der Waals surface area contributed by atoms with Crippen LogP contribution in [0.25, 0.3) is 0 Å². The predicted molar refractivity (Wildman–Crippen MR) is 31.8 cm³/mol. The normalized spacial score (nSPS) is 17.3. The third-order valence-corrected chi connectivity index (χ3v) is 1.48. The van der Waals surface area contributed by atoms with Crippen LogP contribution in [-0.2, 0) is 4.79 Å². The van der Waals surface area contributed by atoms with Crippen molar-refractivity contribution in [3.63, 3.8) is 0 Å². The number of amides is 3. The van der Waals surface area contributed by atoms with Gasteiger partial charge in [-0.05, 0) is 6.42 Å². The van der Waals surface area contributed by atoms with Crippen molar-refractivity contribution in [1.82, 2.24) is 10.1 Å². The van der Waals surface area contributed by atoms with Crippen molar-refractivity contribution in [1.29, 1.82) is 0 Å². The summed E-state index contributed by atoms with van der Waals surface area (Å²) in [5.74, 6) is -0.372. The summed E-state index contributed by atoms with van der Waals surface area (Å²) in [5.41, 5.74) is 0. The molecule has 1 heterocycles. The second-order valence-electron chi connectivity index (χ2n) is 2.22. The summed E-state index contributed by atoms with van der Waals surface area (Å²) >= 11 is 0. The Morgan fingerprint density at radius 1 is 1.55 bits per heavy atom. The lowest BCUT2D eigenvalue weighted by Crippen LogP contribution is -2.40. The SMILES string of the molecule is O=C1CCCN1C(=O)N(O)O. The largest absolute Gasteiger partial charge is 0.375 e. The molecule has 0 radical (unpaired) electrons. The fraction of sp³-hybridized carbons (Fsp3) is 0.600. The fourth-order valence-corrected chi connectivity index (χ4v) is 0.958. The summed E-state index contributed by atoms with van der Waals surface area (Å²) in [6, 6.07) is -1.09. The highest BCUT2D eigenvalue weighted by Gasteiger charge is 2.29. The predicted octanol–water partition coefficient (Wildman–Crippen LogP) is -0.191. The molecule has 1 fully saturated rings. The van der Waals surface area contributed by atoms with E-state index in [-0.39, 0.29) is 12.5 Å². The third kappa shape index (κ3) is 1.47. The van der Waals surface area contributed by atoms with E-state index in [9.17, 15) is 9.59 Å². The van der Waals surface area contributed by atoms with Gasteiger partial charge in [-0.1, -0.05) is 5.23 Å². The highest BCUT2D eigenvalue weighted by molar-refractivity contribution is 5.94. The van der Waals surface area contributed by atoms with Crippen molar-refractivity contribution < 1.29 is 20.0 Å². The average Bonchev–Trinajstić information content (AvgIpc) is 2.33. The van der Waals surface area contributed by atoms with E-state index >= 15 is 0 Å². The summed E-state index contributed by atoms with van der Waals surface area (Å²) in [5, 5.41) is 15.9. The molecule has 1 aliphatic rings. The maximum atomic E-state index is 10.8. The Morgan fingerprint density at radius 3 is 2.55 bits per heavy atom. The molecule has 6 heteroatoms. The molecule has 0 unspecified atom stereocenters. The van der Waals surface area contributed by atoms with E-state index in [0.29, 0.717) is 12.8 Å². The van der Waals surface area contributed by atoms with Gasteiger partial charge in [-0.25, -0.2) is 4.79 Å². The number of carbonyl (C=O) groups is 2. The first-order chi connectivity index (χ1) is 5.13. The van der Waals surface area contributed by atoms with Crippen molar-refractivity contribution in [2.45, 2.75) is 12.8 Å². The van der Waals surface area contributed by atoms with Crippen molar-refractivity contribution >= 4 is 11.9 Å². The maximum Gasteiger partial charge on any atom is 0.375 e. The summed E-state index contributed by atoms with van der Waals surface area (Å²) in [4.78, 5) is 22.3. The average molecular weight is 160 g/mol. The number of hydroxylamine groups is 2. The molecule has 0 spiro atoms. The van der Waals surface area contributed by atoms with Crippen LogP contribution in [0.15, 0.2) is 0 Å². The van der Waals surface area contributed by atoms with Crippen LogP contribution in [0.4, 0.5) is 4.79 Å². The Bertz CT molecular complexity index is 191. The van der Waals surface area contributed by atoms with Gasteiger partial charge in [0.25, 0.3) is 0 Å². The molecule has 1 saturated heterocycles.